The topological polar surface area (TPSA) is 38.0 Å². The lowest BCUT2D eigenvalue weighted by atomic mass is 10.4. The number of aromatic nitrogens is 2. The number of aryl methyl sites for hydroxylation is 2. The van der Waals surface area contributed by atoms with Crippen LogP contribution in [-0.4, -0.2) is 21.3 Å². The van der Waals surface area contributed by atoms with Crippen LogP contribution in [0.1, 0.15) is 24.9 Å². The first-order chi connectivity index (χ1) is 5.79. The monoisotopic (exact) mass is 168 g/mol. The summed E-state index contributed by atoms with van der Waals surface area (Å²) in [6, 6.07) is 0. The van der Waals surface area contributed by atoms with E-state index in [2.05, 4.69) is 16.5 Å². The fourth-order valence-corrected chi connectivity index (χ4v) is 1.33. The van der Waals surface area contributed by atoms with Gasteiger partial charge in [-0.05, 0) is 13.3 Å². The summed E-state index contributed by atoms with van der Waals surface area (Å²) in [6.45, 7) is 5.27. The van der Waals surface area contributed by atoms with Crippen molar-refractivity contribution in [2.75, 3.05) is 6.61 Å². The second-order valence-electron chi connectivity index (χ2n) is 2.90. The number of aliphatic hydroxyl groups excluding tert-OH is 1. The molecule has 0 saturated carbocycles. The maximum atomic E-state index is 8.69. The number of hydrogen-bond acceptors (Lipinski definition) is 2. The third-order valence-electron chi connectivity index (χ3n) is 1.99. The molecule has 1 rings (SSSR count). The first kappa shape index (κ1) is 9.26. The number of nitrogens with zero attached hydrogens (tertiary/aromatic N) is 2. The molecule has 0 unspecified atom stereocenters. The quantitative estimate of drug-likeness (QED) is 0.732. The Morgan fingerprint density at radius 2 is 2.33 bits per heavy atom. The van der Waals surface area contributed by atoms with Gasteiger partial charge >= 0.3 is 0 Å². The van der Waals surface area contributed by atoms with Crippen LogP contribution in [0.4, 0.5) is 0 Å². The molecule has 0 aromatic carbocycles. The van der Waals surface area contributed by atoms with Crippen LogP contribution in [0, 0.1) is 6.92 Å². The van der Waals surface area contributed by atoms with E-state index in [4.69, 9.17) is 5.11 Å². The fraction of sp³-hybridized carbons (Fsp3) is 0.667. The molecular weight excluding hydrogens is 152 g/mol. The highest BCUT2D eigenvalue weighted by Crippen LogP contribution is 2.05. The molecule has 0 atom stereocenters. The van der Waals surface area contributed by atoms with Gasteiger partial charge in [0.1, 0.15) is 5.82 Å². The van der Waals surface area contributed by atoms with Crippen molar-refractivity contribution < 1.29 is 5.11 Å². The molecule has 12 heavy (non-hydrogen) atoms. The minimum Gasteiger partial charge on any atom is -0.396 e. The van der Waals surface area contributed by atoms with Crippen LogP contribution in [-0.2, 0) is 13.0 Å². The van der Waals surface area contributed by atoms with Gasteiger partial charge in [-0.2, -0.15) is 0 Å². The maximum absolute atomic E-state index is 8.69. The number of imidazole rings is 1. The van der Waals surface area contributed by atoms with Crippen molar-refractivity contribution in [3.8, 4) is 0 Å². The van der Waals surface area contributed by atoms with Crippen molar-refractivity contribution in [2.24, 2.45) is 0 Å². The molecule has 0 aliphatic carbocycles. The molecule has 0 aliphatic rings. The van der Waals surface area contributed by atoms with Crippen molar-refractivity contribution in [3.05, 3.63) is 17.7 Å². The SMILES string of the molecule is CCc1ncc(C)n1CCCO. The summed E-state index contributed by atoms with van der Waals surface area (Å²) in [5.74, 6) is 1.11. The van der Waals surface area contributed by atoms with E-state index in [9.17, 15) is 0 Å². The average molecular weight is 168 g/mol. The van der Waals surface area contributed by atoms with Crippen molar-refractivity contribution in [2.45, 2.75) is 33.2 Å². The van der Waals surface area contributed by atoms with E-state index < -0.39 is 0 Å². The highest BCUT2D eigenvalue weighted by molar-refractivity contribution is 5.03. The maximum Gasteiger partial charge on any atom is 0.108 e. The van der Waals surface area contributed by atoms with Gasteiger partial charge in [0.15, 0.2) is 0 Å². The second-order valence-corrected chi connectivity index (χ2v) is 2.90. The van der Waals surface area contributed by atoms with Crippen LogP contribution in [0.25, 0.3) is 0 Å². The van der Waals surface area contributed by atoms with Gasteiger partial charge in [0.05, 0.1) is 0 Å². The van der Waals surface area contributed by atoms with Crippen LogP contribution in [0.5, 0.6) is 0 Å². The number of rotatable bonds is 4. The van der Waals surface area contributed by atoms with Gasteiger partial charge in [-0.3, -0.25) is 0 Å². The molecule has 1 N–H and O–H groups in total. The van der Waals surface area contributed by atoms with E-state index in [1.165, 1.54) is 5.69 Å². The Bertz CT molecular complexity index is 243. The fourth-order valence-electron chi connectivity index (χ4n) is 1.33. The zero-order chi connectivity index (χ0) is 8.97. The lowest BCUT2D eigenvalue weighted by Gasteiger charge is -2.06. The van der Waals surface area contributed by atoms with E-state index in [0.29, 0.717) is 0 Å². The molecule has 0 fully saturated rings. The Hall–Kier alpha value is -0.830. The lowest BCUT2D eigenvalue weighted by Crippen LogP contribution is -2.06. The summed E-state index contributed by atoms with van der Waals surface area (Å²) in [5.41, 5.74) is 1.18. The molecule has 0 saturated heterocycles. The van der Waals surface area contributed by atoms with Crippen LogP contribution >= 0.6 is 0 Å². The van der Waals surface area contributed by atoms with Gasteiger partial charge in [-0.25, -0.2) is 4.98 Å². The average Bonchev–Trinajstić information content (AvgIpc) is 2.43. The molecule has 1 aromatic rings. The van der Waals surface area contributed by atoms with E-state index in [1.54, 1.807) is 0 Å². The van der Waals surface area contributed by atoms with Crippen LogP contribution in [0.2, 0.25) is 0 Å². The molecule has 3 nitrogen and oxygen atoms in total. The first-order valence-corrected chi connectivity index (χ1v) is 4.41. The van der Waals surface area contributed by atoms with Gasteiger partial charge < -0.3 is 9.67 Å². The molecule has 1 heterocycles. The Morgan fingerprint density at radius 1 is 1.58 bits per heavy atom. The van der Waals surface area contributed by atoms with Gasteiger partial charge in [-0.15, -0.1) is 0 Å². The third kappa shape index (κ3) is 1.85. The summed E-state index contributed by atoms with van der Waals surface area (Å²) >= 11 is 0. The Balaban J connectivity index is 2.72. The molecule has 0 radical (unpaired) electrons. The molecular formula is C9H16N2O. The molecule has 0 spiro atoms. The molecule has 68 valence electrons. The van der Waals surface area contributed by atoms with Gasteiger partial charge in [0.25, 0.3) is 0 Å². The molecule has 0 amide bonds. The van der Waals surface area contributed by atoms with Crippen LogP contribution in [0.15, 0.2) is 6.20 Å². The van der Waals surface area contributed by atoms with Crippen LogP contribution < -0.4 is 0 Å². The van der Waals surface area contributed by atoms with Crippen LogP contribution in [0.3, 0.4) is 0 Å². The predicted molar refractivity (Wildman–Crippen MR) is 48.0 cm³/mol. The predicted octanol–water partition coefficient (Wildman–Crippen LogP) is 1.14. The minimum atomic E-state index is 0.251. The summed E-state index contributed by atoms with van der Waals surface area (Å²) < 4.78 is 2.16. The Morgan fingerprint density at radius 3 is 2.92 bits per heavy atom. The van der Waals surface area contributed by atoms with Crippen molar-refractivity contribution in [3.63, 3.8) is 0 Å². The Kier molecular flexibility index (Phi) is 3.29. The standard InChI is InChI=1S/C9H16N2O/c1-3-9-10-7-8(2)11(9)5-4-6-12/h7,12H,3-6H2,1-2H3. The van der Waals surface area contributed by atoms with E-state index >= 15 is 0 Å². The molecule has 1 aromatic heterocycles. The van der Waals surface area contributed by atoms with E-state index in [0.717, 1.165) is 25.2 Å². The van der Waals surface area contributed by atoms with E-state index in [-0.39, 0.29) is 6.61 Å². The van der Waals surface area contributed by atoms with E-state index in [1.807, 2.05) is 13.1 Å². The summed E-state index contributed by atoms with van der Waals surface area (Å²) in [5, 5.41) is 8.69. The zero-order valence-electron chi connectivity index (χ0n) is 7.75. The molecule has 0 bridgehead atoms. The lowest BCUT2D eigenvalue weighted by molar-refractivity contribution is 0.278. The van der Waals surface area contributed by atoms with Gasteiger partial charge in [0, 0.05) is 31.5 Å². The zero-order valence-corrected chi connectivity index (χ0v) is 7.75. The third-order valence-corrected chi connectivity index (χ3v) is 1.99. The second kappa shape index (κ2) is 4.26. The summed E-state index contributed by atoms with van der Waals surface area (Å²) in [4.78, 5) is 4.27. The summed E-state index contributed by atoms with van der Waals surface area (Å²) in [6.07, 6.45) is 3.65. The highest BCUT2D eigenvalue weighted by atomic mass is 16.3. The normalized spacial score (nSPS) is 10.6. The Labute approximate surface area is 73.1 Å². The van der Waals surface area contributed by atoms with Gasteiger partial charge in [0.2, 0.25) is 0 Å². The van der Waals surface area contributed by atoms with Crippen molar-refractivity contribution in [1.29, 1.82) is 0 Å². The number of hydrogen-bond donors (Lipinski definition) is 1. The summed E-state index contributed by atoms with van der Waals surface area (Å²) in [7, 11) is 0. The van der Waals surface area contributed by atoms with Gasteiger partial charge in [-0.1, -0.05) is 6.92 Å². The number of aliphatic hydroxyl groups is 1. The van der Waals surface area contributed by atoms with Crippen molar-refractivity contribution >= 4 is 0 Å². The van der Waals surface area contributed by atoms with Crippen molar-refractivity contribution in [1.82, 2.24) is 9.55 Å². The largest absolute Gasteiger partial charge is 0.396 e. The smallest absolute Gasteiger partial charge is 0.108 e. The first-order valence-electron chi connectivity index (χ1n) is 4.41. The highest BCUT2D eigenvalue weighted by Gasteiger charge is 2.03. The molecule has 3 heteroatoms. The minimum absolute atomic E-state index is 0.251. The molecule has 0 aliphatic heterocycles.